The molecule has 1 aromatic carbocycles. The maximum Gasteiger partial charge on any atom is 0.254 e. The summed E-state index contributed by atoms with van der Waals surface area (Å²) in [5, 5.41) is 0.724. The van der Waals surface area contributed by atoms with E-state index < -0.39 is 5.60 Å². The van der Waals surface area contributed by atoms with E-state index >= 15 is 0 Å². The molecule has 140 valence electrons. The van der Waals surface area contributed by atoms with E-state index in [2.05, 4.69) is 4.98 Å². The summed E-state index contributed by atoms with van der Waals surface area (Å²) in [7, 11) is 1.56. The topological polar surface area (TPSA) is 55.6 Å². The largest absolute Gasteiger partial charge is 0.445 e. The second-order valence-electron chi connectivity index (χ2n) is 7.24. The number of aromatic nitrogens is 1. The highest BCUT2D eigenvalue weighted by Crippen LogP contribution is 2.29. The van der Waals surface area contributed by atoms with E-state index in [1.807, 2.05) is 29.2 Å². The minimum atomic E-state index is -0.812. The maximum atomic E-state index is 12.6. The third kappa shape index (κ3) is 4.10. The van der Waals surface area contributed by atoms with E-state index in [4.69, 9.17) is 20.8 Å². The molecule has 1 fully saturated rings. The Hall–Kier alpha value is -1.85. The number of carbonyl (C=O) groups is 1. The number of piperidine rings is 1. The van der Waals surface area contributed by atoms with E-state index in [-0.39, 0.29) is 11.8 Å². The van der Waals surface area contributed by atoms with Gasteiger partial charge in [-0.15, -0.1) is 0 Å². The summed E-state index contributed by atoms with van der Waals surface area (Å²) >= 11 is 6.22. The Kier molecular flexibility index (Phi) is 5.68. The Labute approximate surface area is 159 Å². The van der Waals surface area contributed by atoms with Gasteiger partial charge in [0, 0.05) is 31.6 Å². The number of nitrogens with zero attached hydrogens (tertiary/aromatic N) is 2. The lowest BCUT2D eigenvalue weighted by molar-refractivity contribution is -0.152. The number of hydrogen-bond donors (Lipinski definition) is 0. The summed E-state index contributed by atoms with van der Waals surface area (Å²) in [6.45, 7) is 4.95. The van der Waals surface area contributed by atoms with Gasteiger partial charge in [0.15, 0.2) is 5.89 Å². The van der Waals surface area contributed by atoms with Crippen LogP contribution in [0.15, 0.2) is 34.9 Å². The molecule has 0 aliphatic carbocycles. The van der Waals surface area contributed by atoms with Crippen LogP contribution in [0.5, 0.6) is 0 Å². The number of halogens is 1. The quantitative estimate of drug-likeness (QED) is 0.789. The molecule has 26 heavy (non-hydrogen) atoms. The Morgan fingerprint density at radius 1 is 1.42 bits per heavy atom. The van der Waals surface area contributed by atoms with E-state index in [0.29, 0.717) is 18.9 Å². The number of ether oxygens (including phenoxy) is 1. The van der Waals surface area contributed by atoms with E-state index in [0.717, 1.165) is 35.7 Å². The van der Waals surface area contributed by atoms with Gasteiger partial charge in [-0.2, -0.15) is 0 Å². The summed E-state index contributed by atoms with van der Waals surface area (Å²) in [6, 6.07) is 7.72. The van der Waals surface area contributed by atoms with Crippen molar-refractivity contribution in [3.63, 3.8) is 0 Å². The molecule has 6 heteroatoms. The molecule has 0 bridgehead atoms. The lowest BCUT2D eigenvalue weighted by Crippen LogP contribution is -2.49. The van der Waals surface area contributed by atoms with Crippen LogP contribution in [0.1, 0.15) is 49.8 Å². The van der Waals surface area contributed by atoms with Gasteiger partial charge in [0.1, 0.15) is 11.4 Å². The number of oxazole rings is 1. The SMILES string of the molecule is COC(C)(C)C(=O)N1CCC[C@@H](c2ncc(Cc3ccccc3Cl)o2)C1. The van der Waals surface area contributed by atoms with Crippen LogP contribution >= 0.6 is 11.6 Å². The molecule has 0 spiro atoms. The van der Waals surface area contributed by atoms with E-state index in [1.54, 1.807) is 27.2 Å². The molecule has 1 saturated heterocycles. The van der Waals surface area contributed by atoms with Crippen molar-refractivity contribution in [1.82, 2.24) is 9.88 Å². The van der Waals surface area contributed by atoms with Gasteiger partial charge in [-0.05, 0) is 38.3 Å². The van der Waals surface area contributed by atoms with Crippen LogP contribution in [0.4, 0.5) is 0 Å². The highest BCUT2D eigenvalue weighted by Gasteiger charge is 2.35. The van der Waals surface area contributed by atoms with Crippen molar-refractivity contribution in [2.75, 3.05) is 20.2 Å². The van der Waals surface area contributed by atoms with Gasteiger partial charge >= 0.3 is 0 Å². The van der Waals surface area contributed by atoms with Crippen molar-refractivity contribution in [2.45, 2.75) is 44.6 Å². The van der Waals surface area contributed by atoms with Crippen LogP contribution in [0.25, 0.3) is 0 Å². The number of likely N-dealkylation sites (tertiary alicyclic amines) is 1. The van der Waals surface area contributed by atoms with Crippen molar-refractivity contribution in [1.29, 1.82) is 0 Å². The van der Waals surface area contributed by atoms with Crippen LogP contribution in [0.2, 0.25) is 5.02 Å². The average molecular weight is 377 g/mol. The summed E-state index contributed by atoms with van der Waals surface area (Å²) in [4.78, 5) is 19.0. The molecule has 5 nitrogen and oxygen atoms in total. The van der Waals surface area contributed by atoms with Crippen molar-refractivity contribution < 1.29 is 13.9 Å². The number of amides is 1. The van der Waals surface area contributed by atoms with Gasteiger partial charge in [0.05, 0.1) is 12.1 Å². The molecule has 2 aromatic rings. The minimum Gasteiger partial charge on any atom is -0.445 e. The van der Waals surface area contributed by atoms with Gasteiger partial charge in [-0.25, -0.2) is 4.98 Å². The fraction of sp³-hybridized carbons (Fsp3) is 0.500. The Morgan fingerprint density at radius 3 is 2.92 bits per heavy atom. The maximum absolute atomic E-state index is 12.6. The Balaban J connectivity index is 1.69. The molecule has 1 aliphatic rings. The third-order valence-corrected chi connectivity index (χ3v) is 5.35. The van der Waals surface area contributed by atoms with Crippen LogP contribution in [-0.2, 0) is 16.0 Å². The van der Waals surface area contributed by atoms with Gasteiger partial charge in [0.25, 0.3) is 5.91 Å². The molecule has 0 N–H and O–H groups in total. The zero-order valence-electron chi connectivity index (χ0n) is 15.5. The van der Waals surface area contributed by atoms with Crippen LogP contribution < -0.4 is 0 Å². The number of methoxy groups -OCH3 is 1. The second-order valence-corrected chi connectivity index (χ2v) is 7.64. The first-order chi connectivity index (χ1) is 12.4. The molecule has 1 aliphatic heterocycles. The first-order valence-corrected chi connectivity index (χ1v) is 9.31. The fourth-order valence-corrected chi connectivity index (χ4v) is 3.46. The van der Waals surface area contributed by atoms with Crippen molar-refractivity contribution in [3.8, 4) is 0 Å². The highest BCUT2D eigenvalue weighted by atomic mass is 35.5. The van der Waals surface area contributed by atoms with E-state index in [1.165, 1.54) is 0 Å². The average Bonchev–Trinajstić information content (AvgIpc) is 3.12. The predicted octanol–water partition coefficient (Wildman–Crippen LogP) is 4.05. The summed E-state index contributed by atoms with van der Waals surface area (Å²) < 4.78 is 11.3. The lowest BCUT2D eigenvalue weighted by atomic mass is 9.96. The molecule has 2 heterocycles. The molecule has 0 unspecified atom stereocenters. The fourth-order valence-electron chi connectivity index (χ4n) is 3.25. The first-order valence-electron chi connectivity index (χ1n) is 8.93. The molecule has 0 saturated carbocycles. The Morgan fingerprint density at radius 2 is 2.19 bits per heavy atom. The minimum absolute atomic E-state index is 0.00699. The molecular formula is C20H25ClN2O3. The normalized spacial score (nSPS) is 18.2. The van der Waals surface area contributed by atoms with Crippen LogP contribution in [-0.4, -0.2) is 41.6 Å². The summed E-state index contributed by atoms with van der Waals surface area (Å²) in [5.74, 6) is 1.60. The Bertz CT molecular complexity index is 772. The van der Waals surface area contributed by atoms with Crippen LogP contribution in [0, 0.1) is 0 Å². The molecule has 1 atom stereocenters. The molecular weight excluding hydrogens is 352 g/mol. The number of benzene rings is 1. The van der Waals surface area contributed by atoms with Crippen molar-refractivity contribution in [2.24, 2.45) is 0 Å². The first kappa shape index (κ1) is 18.9. The zero-order chi connectivity index (χ0) is 18.7. The van der Waals surface area contributed by atoms with Crippen LogP contribution in [0.3, 0.4) is 0 Å². The van der Waals surface area contributed by atoms with Crippen molar-refractivity contribution in [3.05, 3.63) is 52.7 Å². The standard InChI is InChI=1S/C20H25ClN2O3/c1-20(2,25-3)19(24)23-10-6-8-15(13-23)18-22-12-16(26-18)11-14-7-4-5-9-17(14)21/h4-5,7,9,12,15H,6,8,10-11,13H2,1-3H3/t15-/m1/s1. The number of hydrogen-bond acceptors (Lipinski definition) is 4. The van der Waals surface area contributed by atoms with E-state index in [9.17, 15) is 4.79 Å². The monoisotopic (exact) mass is 376 g/mol. The highest BCUT2D eigenvalue weighted by molar-refractivity contribution is 6.31. The summed E-state index contributed by atoms with van der Waals surface area (Å²) in [6.07, 6.45) is 4.26. The number of carbonyl (C=O) groups excluding carboxylic acids is 1. The van der Waals surface area contributed by atoms with Gasteiger partial charge in [0.2, 0.25) is 0 Å². The summed E-state index contributed by atoms with van der Waals surface area (Å²) in [5.41, 5.74) is 0.201. The third-order valence-electron chi connectivity index (χ3n) is 4.98. The smallest absolute Gasteiger partial charge is 0.254 e. The second kappa shape index (κ2) is 7.80. The molecule has 1 aromatic heterocycles. The predicted molar refractivity (Wildman–Crippen MR) is 100 cm³/mol. The van der Waals surface area contributed by atoms with Crippen molar-refractivity contribution >= 4 is 17.5 Å². The lowest BCUT2D eigenvalue weighted by Gasteiger charge is -2.36. The molecule has 3 rings (SSSR count). The number of rotatable bonds is 5. The van der Waals surface area contributed by atoms with Gasteiger partial charge in [-0.3, -0.25) is 4.79 Å². The van der Waals surface area contributed by atoms with Gasteiger partial charge < -0.3 is 14.1 Å². The zero-order valence-corrected chi connectivity index (χ0v) is 16.3. The molecule has 1 amide bonds. The van der Waals surface area contributed by atoms with Gasteiger partial charge in [-0.1, -0.05) is 29.8 Å². The molecule has 0 radical (unpaired) electrons.